The molecule has 1 fully saturated rings. The van der Waals surface area contributed by atoms with Crippen molar-refractivity contribution in [2.45, 2.75) is 31.8 Å². The predicted molar refractivity (Wildman–Crippen MR) is 71.2 cm³/mol. The predicted octanol–water partition coefficient (Wildman–Crippen LogP) is 2.86. The lowest BCUT2D eigenvalue weighted by Crippen LogP contribution is -2.48. The molecule has 0 atom stereocenters. The van der Waals surface area contributed by atoms with Gasteiger partial charge in [-0.1, -0.05) is 26.8 Å². The van der Waals surface area contributed by atoms with Crippen molar-refractivity contribution in [1.82, 2.24) is 0 Å². The molecule has 0 aromatic heterocycles. The van der Waals surface area contributed by atoms with Crippen molar-refractivity contribution in [1.29, 1.82) is 0 Å². The number of ether oxygens (including phenoxy) is 3. The highest BCUT2D eigenvalue weighted by Crippen LogP contribution is 2.40. The minimum atomic E-state index is -0.341. The van der Waals surface area contributed by atoms with Crippen molar-refractivity contribution < 1.29 is 14.2 Å². The maximum absolute atomic E-state index is 5.66. The second-order valence-corrected chi connectivity index (χ2v) is 5.86. The molecule has 0 saturated carbocycles. The molecular formula is C15H22O3. The van der Waals surface area contributed by atoms with Crippen LogP contribution in [0.2, 0.25) is 0 Å². The molecule has 0 amide bonds. The molecule has 100 valence electrons. The van der Waals surface area contributed by atoms with Gasteiger partial charge in [-0.15, -0.1) is 0 Å². The number of hydrogen-bond donors (Lipinski definition) is 0. The molecule has 0 radical (unpaired) electrons. The largest absolute Gasteiger partial charge is 0.496 e. The first kappa shape index (κ1) is 13.4. The Morgan fingerprint density at radius 1 is 1.17 bits per heavy atom. The molecular weight excluding hydrogens is 228 g/mol. The molecule has 1 aromatic rings. The summed E-state index contributed by atoms with van der Waals surface area (Å²) in [5, 5.41) is 0. The van der Waals surface area contributed by atoms with Crippen LogP contribution in [0, 0.1) is 0 Å². The van der Waals surface area contributed by atoms with E-state index in [0.29, 0.717) is 13.2 Å². The van der Waals surface area contributed by atoms with Gasteiger partial charge in [0.1, 0.15) is 11.4 Å². The van der Waals surface area contributed by atoms with Gasteiger partial charge in [0.2, 0.25) is 0 Å². The summed E-state index contributed by atoms with van der Waals surface area (Å²) >= 11 is 0. The molecule has 2 rings (SSSR count). The molecule has 1 heterocycles. The van der Waals surface area contributed by atoms with Gasteiger partial charge in [-0.25, -0.2) is 0 Å². The van der Waals surface area contributed by atoms with E-state index in [-0.39, 0.29) is 11.0 Å². The van der Waals surface area contributed by atoms with Crippen LogP contribution in [0.15, 0.2) is 18.2 Å². The highest BCUT2D eigenvalue weighted by molar-refractivity contribution is 5.44. The van der Waals surface area contributed by atoms with E-state index in [1.807, 2.05) is 6.07 Å². The van der Waals surface area contributed by atoms with Crippen LogP contribution in [-0.4, -0.2) is 27.4 Å². The second kappa shape index (κ2) is 4.56. The van der Waals surface area contributed by atoms with Crippen LogP contribution in [0.25, 0.3) is 0 Å². The molecule has 0 bridgehead atoms. The molecule has 3 heteroatoms. The monoisotopic (exact) mass is 250 g/mol. The average Bonchev–Trinajstić information content (AvgIpc) is 2.27. The van der Waals surface area contributed by atoms with E-state index in [0.717, 1.165) is 11.3 Å². The van der Waals surface area contributed by atoms with Crippen molar-refractivity contribution in [3.05, 3.63) is 29.3 Å². The average molecular weight is 250 g/mol. The smallest absolute Gasteiger partial charge is 0.143 e. The third kappa shape index (κ3) is 2.13. The Kier molecular flexibility index (Phi) is 3.39. The zero-order valence-electron chi connectivity index (χ0n) is 11.9. The maximum Gasteiger partial charge on any atom is 0.143 e. The second-order valence-electron chi connectivity index (χ2n) is 5.86. The lowest BCUT2D eigenvalue weighted by Gasteiger charge is -2.41. The number of rotatable bonds is 3. The van der Waals surface area contributed by atoms with E-state index in [1.165, 1.54) is 5.56 Å². The highest BCUT2D eigenvalue weighted by Gasteiger charge is 2.43. The number of hydrogen-bond acceptors (Lipinski definition) is 3. The molecule has 3 nitrogen and oxygen atoms in total. The quantitative estimate of drug-likeness (QED) is 0.825. The van der Waals surface area contributed by atoms with E-state index in [4.69, 9.17) is 14.2 Å². The van der Waals surface area contributed by atoms with Crippen LogP contribution in [0.1, 0.15) is 31.9 Å². The summed E-state index contributed by atoms with van der Waals surface area (Å²) in [7, 11) is 3.42. The van der Waals surface area contributed by atoms with E-state index in [1.54, 1.807) is 14.2 Å². The first-order valence-electron chi connectivity index (χ1n) is 6.25. The standard InChI is InChI=1S/C15H22O3/c1-14(2,3)11-6-7-13(16-4)12(8-11)15(17-5)9-18-10-15/h6-8H,9-10H2,1-5H3. The molecule has 0 unspecified atom stereocenters. The van der Waals surface area contributed by atoms with E-state index in [9.17, 15) is 0 Å². The minimum absolute atomic E-state index is 0.112. The zero-order valence-corrected chi connectivity index (χ0v) is 11.9. The Morgan fingerprint density at radius 3 is 2.22 bits per heavy atom. The van der Waals surface area contributed by atoms with Gasteiger partial charge in [0.05, 0.1) is 20.3 Å². The lowest BCUT2D eigenvalue weighted by atomic mass is 9.82. The van der Waals surface area contributed by atoms with Crippen LogP contribution in [0.5, 0.6) is 5.75 Å². The Morgan fingerprint density at radius 2 is 1.83 bits per heavy atom. The van der Waals surface area contributed by atoms with Gasteiger partial charge < -0.3 is 14.2 Å². The third-order valence-electron chi connectivity index (χ3n) is 3.62. The maximum atomic E-state index is 5.66. The summed E-state index contributed by atoms with van der Waals surface area (Å²) in [6, 6.07) is 6.32. The fourth-order valence-corrected chi connectivity index (χ4v) is 2.20. The summed E-state index contributed by atoms with van der Waals surface area (Å²) in [5.74, 6) is 0.869. The van der Waals surface area contributed by atoms with Crippen LogP contribution in [0.3, 0.4) is 0 Å². The molecule has 1 saturated heterocycles. The van der Waals surface area contributed by atoms with Crippen LogP contribution in [-0.2, 0) is 20.5 Å². The summed E-state index contributed by atoms with van der Waals surface area (Å²) < 4.78 is 16.5. The van der Waals surface area contributed by atoms with Crippen LogP contribution >= 0.6 is 0 Å². The summed E-state index contributed by atoms with van der Waals surface area (Å²) in [6.45, 7) is 7.79. The molecule has 1 aromatic carbocycles. The Balaban J connectivity index is 2.49. The first-order chi connectivity index (χ1) is 8.43. The number of methoxy groups -OCH3 is 2. The lowest BCUT2D eigenvalue weighted by molar-refractivity contribution is -0.203. The van der Waals surface area contributed by atoms with Gasteiger partial charge in [-0.3, -0.25) is 0 Å². The van der Waals surface area contributed by atoms with Gasteiger partial charge >= 0.3 is 0 Å². The fourth-order valence-electron chi connectivity index (χ4n) is 2.20. The molecule has 0 aliphatic carbocycles. The van der Waals surface area contributed by atoms with Crippen LogP contribution in [0.4, 0.5) is 0 Å². The van der Waals surface area contributed by atoms with E-state index >= 15 is 0 Å². The molecule has 18 heavy (non-hydrogen) atoms. The van der Waals surface area contributed by atoms with Gasteiger partial charge in [0.15, 0.2) is 0 Å². The van der Waals surface area contributed by atoms with Crippen molar-refractivity contribution in [2.75, 3.05) is 27.4 Å². The van der Waals surface area contributed by atoms with Gasteiger partial charge in [-0.05, 0) is 23.1 Å². The molecule has 0 N–H and O–H groups in total. The zero-order chi connectivity index (χ0) is 13.4. The van der Waals surface area contributed by atoms with Crippen LogP contribution < -0.4 is 4.74 Å². The van der Waals surface area contributed by atoms with E-state index in [2.05, 4.69) is 32.9 Å². The third-order valence-corrected chi connectivity index (χ3v) is 3.62. The Labute approximate surface area is 109 Å². The normalized spacial score (nSPS) is 18.3. The first-order valence-corrected chi connectivity index (χ1v) is 6.25. The summed E-state index contributed by atoms with van der Waals surface area (Å²) in [5.41, 5.74) is 2.14. The molecule has 1 aliphatic heterocycles. The van der Waals surface area contributed by atoms with Crippen molar-refractivity contribution in [2.24, 2.45) is 0 Å². The fraction of sp³-hybridized carbons (Fsp3) is 0.600. The topological polar surface area (TPSA) is 27.7 Å². The highest BCUT2D eigenvalue weighted by atomic mass is 16.6. The van der Waals surface area contributed by atoms with Crippen molar-refractivity contribution in [3.8, 4) is 5.75 Å². The molecule has 1 aliphatic rings. The SMILES string of the molecule is COc1ccc(C(C)(C)C)cc1C1(OC)COC1. The minimum Gasteiger partial charge on any atom is -0.496 e. The van der Waals surface area contributed by atoms with Gasteiger partial charge in [0.25, 0.3) is 0 Å². The van der Waals surface area contributed by atoms with E-state index < -0.39 is 0 Å². The Bertz CT molecular complexity index is 422. The van der Waals surface area contributed by atoms with Gasteiger partial charge in [-0.2, -0.15) is 0 Å². The van der Waals surface area contributed by atoms with Crippen molar-refractivity contribution >= 4 is 0 Å². The van der Waals surface area contributed by atoms with Gasteiger partial charge in [0, 0.05) is 12.7 Å². The van der Waals surface area contributed by atoms with Crippen molar-refractivity contribution in [3.63, 3.8) is 0 Å². The Hall–Kier alpha value is -1.06. The summed E-state index contributed by atoms with van der Waals surface area (Å²) in [4.78, 5) is 0. The molecule has 0 spiro atoms. The summed E-state index contributed by atoms with van der Waals surface area (Å²) in [6.07, 6.45) is 0. The number of benzene rings is 1.